The number of rotatable bonds is 4. The molecule has 0 amide bonds. The Bertz CT molecular complexity index is 368. The average Bonchev–Trinajstić information content (AvgIpc) is 3.03. The molecule has 0 aliphatic heterocycles. The van der Waals surface area contributed by atoms with Crippen LogP contribution in [0.3, 0.4) is 0 Å². The SMILES string of the molecule is CCc1nc2c(s1)CCCC2CNC1CC1. The highest BCUT2D eigenvalue weighted by atomic mass is 32.1. The van der Waals surface area contributed by atoms with Crippen LogP contribution in [0.25, 0.3) is 0 Å². The standard InChI is InChI=1S/C13H20N2S/c1-2-12-15-13-9(8-14-10-6-7-10)4-3-5-11(13)16-12/h9-10,14H,2-8H2,1H3. The van der Waals surface area contributed by atoms with E-state index in [0.29, 0.717) is 5.92 Å². The Morgan fingerprint density at radius 3 is 3.00 bits per heavy atom. The van der Waals surface area contributed by atoms with Gasteiger partial charge in [-0.1, -0.05) is 6.92 Å². The van der Waals surface area contributed by atoms with Crippen LogP contribution in [0.4, 0.5) is 0 Å². The molecule has 0 saturated heterocycles. The van der Waals surface area contributed by atoms with Gasteiger partial charge in [0, 0.05) is 23.4 Å². The molecule has 1 atom stereocenters. The van der Waals surface area contributed by atoms with Gasteiger partial charge >= 0.3 is 0 Å². The molecule has 3 rings (SSSR count). The first-order valence-electron chi connectivity index (χ1n) is 6.58. The first kappa shape index (κ1) is 10.7. The van der Waals surface area contributed by atoms with Gasteiger partial charge in [-0.25, -0.2) is 4.98 Å². The predicted molar refractivity (Wildman–Crippen MR) is 68.2 cm³/mol. The van der Waals surface area contributed by atoms with E-state index in [4.69, 9.17) is 4.98 Å². The molecule has 88 valence electrons. The smallest absolute Gasteiger partial charge is 0.0928 e. The minimum absolute atomic E-state index is 0.695. The molecule has 2 aliphatic rings. The fourth-order valence-electron chi connectivity index (χ4n) is 2.50. The van der Waals surface area contributed by atoms with Gasteiger partial charge in [0.15, 0.2) is 0 Å². The Labute approximate surface area is 101 Å². The molecule has 0 bridgehead atoms. The highest BCUT2D eigenvalue weighted by molar-refractivity contribution is 7.11. The highest BCUT2D eigenvalue weighted by Gasteiger charge is 2.27. The van der Waals surface area contributed by atoms with Crippen LogP contribution in [-0.2, 0) is 12.8 Å². The normalized spacial score (nSPS) is 24.4. The summed E-state index contributed by atoms with van der Waals surface area (Å²) in [6, 6.07) is 0.828. The Hall–Kier alpha value is -0.410. The van der Waals surface area contributed by atoms with Crippen molar-refractivity contribution in [2.24, 2.45) is 0 Å². The van der Waals surface area contributed by atoms with Crippen molar-refractivity contribution < 1.29 is 0 Å². The van der Waals surface area contributed by atoms with Gasteiger partial charge in [0.05, 0.1) is 10.7 Å². The van der Waals surface area contributed by atoms with Crippen LogP contribution < -0.4 is 5.32 Å². The lowest BCUT2D eigenvalue weighted by molar-refractivity contribution is 0.499. The topological polar surface area (TPSA) is 24.9 Å². The van der Waals surface area contributed by atoms with Crippen molar-refractivity contribution in [3.63, 3.8) is 0 Å². The molecule has 3 heteroatoms. The summed E-state index contributed by atoms with van der Waals surface area (Å²) in [6.45, 7) is 3.37. The van der Waals surface area contributed by atoms with E-state index in [0.717, 1.165) is 19.0 Å². The maximum absolute atomic E-state index is 4.83. The second kappa shape index (κ2) is 4.46. The van der Waals surface area contributed by atoms with Gasteiger partial charge < -0.3 is 5.32 Å². The Kier molecular flexibility index (Phi) is 2.99. The summed E-state index contributed by atoms with van der Waals surface area (Å²) >= 11 is 1.95. The third-order valence-corrected chi connectivity index (χ3v) is 4.92. The van der Waals surface area contributed by atoms with Crippen molar-refractivity contribution in [1.29, 1.82) is 0 Å². The zero-order chi connectivity index (χ0) is 11.0. The van der Waals surface area contributed by atoms with Crippen molar-refractivity contribution in [1.82, 2.24) is 10.3 Å². The molecule has 1 fully saturated rings. The average molecular weight is 236 g/mol. The van der Waals surface area contributed by atoms with Crippen molar-refractivity contribution in [2.45, 2.75) is 57.4 Å². The zero-order valence-corrected chi connectivity index (χ0v) is 10.8. The van der Waals surface area contributed by atoms with Crippen molar-refractivity contribution >= 4 is 11.3 Å². The summed E-state index contributed by atoms with van der Waals surface area (Å²) in [5.74, 6) is 0.695. The molecular weight excluding hydrogens is 216 g/mol. The molecule has 16 heavy (non-hydrogen) atoms. The number of aryl methyl sites for hydroxylation is 2. The van der Waals surface area contributed by atoms with E-state index in [1.807, 2.05) is 11.3 Å². The highest BCUT2D eigenvalue weighted by Crippen LogP contribution is 2.35. The Morgan fingerprint density at radius 2 is 2.25 bits per heavy atom. The first-order valence-corrected chi connectivity index (χ1v) is 7.40. The van der Waals surface area contributed by atoms with E-state index >= 15 is 0 Å². The van der Waals surface area contributed by atoms with E-state index in [1.54, 1.807) is 4.88 Å². The van der Waals surface area contributed by atoms with Crippen LogP contribution in [0.5, 0.6) is 0 Å². The molecule has 2 aliphatic carbocycles. The minimum Gasteiger partial charge on any atom is -0.313 e. The summed E-state index contributed by atoms with van der Waals surface area (Å²) < 4.78 is 0. The number of nitrogens with zero attached hydrogens (tertiary/aromatic N) is 1. The molecule has 0 spiro atoms. The maximum Gasteiger partial charge on any atom is 0.0928 e. The fourth-order valence-corrected chi connectivity index (χ4v) is 3.64. The molecule has 1 aromatic heterocycles. The maximum atomic E-state index is 4.83. The quantitative estimate of drug-likeness (QED) is 0.869. The van der Waals surface area contributed by atoms with Crippen LogP contribution >= 0.6 is 11.3 Å². The first-order chi connectivity index (χ1) is 7.86. The van der Waals surface area contributed by atoms with Gasteiger partial charge in [0.2, 0.25) is 0 Å². The van der Waals surface area contributed by atoms with Crippen molar-refractivity contribution in [2.75, 3.05) is 6.54 Å². The van der Waals surface area contributed by atoms with Crippen LogP contribution in [0.1, 0.15) is 54.1 Å². The van der Waals surface area contributed by atoms with Gasteiger partial charge in [-0.3, -0.25) is 0 Å². The molecule has 1 unspecified atom stereocenters. The molecule has 0 radical (unpaired) electrons. The predicted octanol–water partition coefficient (Wildman–Crippen LogP) is 2.88. The third kappa shape index (κ3) is 2.16. The van der Waals surface area contributed by atoms with E-state index in [9.17, 15) is 0 Å². The third-order valence-electron chi connectivity index (χ3n) is 3.65. The second-order valence-electron chi connectivity index (χ2n) is 5.04. The summed E-state index contributed by atoms with van der Waals surface area (Å²) in [7, 11) is 0. The second-order valence-corrected chi connectivity index (χ2v) is 6.21. The van der Waals surface area contributed by atoms with Gasteiger partial charge in [0.25, 0.3) is 0 Å². The van der Waals surface area contributed by atoms with E-state index in [1.165, 1.54) is 42.8 Å². The number of thiazole rings is 1. The molecule has 1 saturated carbocycles. The number of nitrogens with one attached hydrogen (secondary N) is 1. The molecular formula is C13H20N2S. The van der Waals surface area contributed by atoms with Crippen LogP contribution in [0.2, 0.25) is 0 Å². The largest absolute Gasteiger partial charge is 0.313 e. The molecule has 1 heterocycles. The fraction of sp³-hybridized carbons (Fsp3) is 0.769. The van der Waals surface area contributed by atoms with E-state index < -0.39 is 0 Å². The Morgan fingerprint density at radius 1 is 1.38 bits per heavy atom. The lowest BCUT2D eigenvalue weighted by Gasteiger charge is -2.21. The van der Waals surface area contributed by atoms with Gasteiger partial charge in [-0.15, -0.1) is 11.3 Å². The van der Waals surface area contributed by atoms with Crippen molar-refractivity contribution in [3.05, 3.63) is 15.6 Å². The zero-order valence-electron chi connectivity index (χ0n) is 9.96. The molecule has 0 aromatic carbocycles. The molecule has 1 aromatic rings. The van der Waals surface area contributed by atoms with E-state index in [-0.39, 0.29) is 0 Å². The number of hydrogen-bond acceptors (Lipinski definition) is 3. The Balaban J connectivity index is 1.72. The van der Waals surface area contributed by atoms with Gasteiger partial charge in [0.1, 0.15) is 0 Å². The summed E-state index contributed by atoms with van der Waals surface area (Å²) in [5.41, 5.74) is 1.43. The lowest BCUT2D eigenvalue weighted by Crippen LogP contribution is -2.25. The van der Waals surface area contributed by atoms with Crippen molar-refractivity contribution in [3.8, 4) is 0 Å². The summed E-state index contributed by atoms with van der Waals surface area (Å²) in [5, 5.41) is 5.00. The summed E-state index contributed by atoms with van der Waals surface area (Å²) in [6.07, 6.45) is 7.83. The lowest BCUT2D eigenvalue weighted by atomic mass is 9.91. The number of hydrogen-bond donors (Lipinski definition) is 1. The number of fused-ring (bicyclic) bond motifs is 1. The molecule has 2 nitrogen and oxygen atoms in total. The summed E-state index contributed by atoms with van der Waals surface area (Å²) in [4.78, 5) is 6.40. The number of aromatic nitrogens is 1. The van der Waals surface area contributed by atoms with Crippen LogP contribution in [0, 0.1) is 0 Å². The van der Waals surface area contributed by atoms with Gasteiger partial charge in [-0.2, -0.15) is 0 Å². The monoisotopic (exact) mass is 236 g/mol. The van der Waals surface area contributed by atoms with Gasteiger partial charge in [-0.05, 0) is 38.5 Å². The van der Waals surface area contributed by atoms with Crippen LogP contribution in [0.15, 0.2) is 0 Å². The van der Waals surface area contributed by atoms with Crippen LogP contribution in [-0.4, -0.2) is 17.6 Å². The minimum atomic E-state index is 0.695. The molecule has 1 N–H and O–H groups in total. The van der Waals surface area contributed by atoms with E-state index in [2.05, 4.69) is 12.2 Å².